The van der Waals surface area contributed by atoms with E-state index in [-0.39, 0.29) is 32.2 Å². The Balaban J connectivity index is 4.33. The first-order valence-electron chi connectivity index (χ1n) is 23.6. The molecule has 0 rings (SSSR count). The van der Waals surface area contributed by atoms with Crippen LogP contribution in [0.4, 0.5) is 0 Å². The van der Waals surface area contributed by atoms with E-state index in [9.17, 15) is 14.3 Å². The fourth-order valence-electron chi connectivity index (χ4n) is 5.75. The molecule has 0 radical (unpaired) electrons. The minimum absolute atomic E-state index is 0.0716. The predicted molar refractivity (Wildman–Crippen MR) is 261 cm³/mol. The number of likely N-dealkylation sites (N-methyl/N-ethyl adjacent to an activating group) is 1. The van der Waals surface area contributed by atoms with Crippen LogP contribution >= 0.6 is 7.82 Å². The molecule has 0 saturated carbocycles. The zero-order valence-corrected chi connectivity index (χ0v) is 40.2. The number of hydrogen-bond acceptors (Lipinski definition) is 6. The van der Waals surface area contributed by atoms with Crippen molar-refractivity contribution in [2.45, 2.75) is 161 Å². The standard InChI is InChI=1S/C52H88NO7P/c1-6-8-10-12-14-16-18-20-22-24-26-27-28-29-31-33-35-37-39-41-43-45-52(54)60-51(50-59-61(55,56)58-48-46-53(3,4)5)49-57-47-44-42-40-38-36-34-32-30-25-23-21-19-17-15-13-11-9-7-2/h8-11,14-17,20-23,26-27,29,31,35,37,51H,6-7,12-13,18-19,24-25,28,30,32-34,36,38-50H2,1-5H3/p+1/b10-8-,11-9-,16-14-,17-15-,22-20-,23-21-,27-26-,31-29-,37-35-. The SMILES string of the molecule is CC/C=C\C/C=C\C/C=C\C/C=C\C/C=C\C/C=C\CCCCC(=O)OC(COCCCCCCCCCC/C=C\C/C=C\C/C=C\CC)COP(=O)(O)OCC[N+](C)(C)C. The fraction of sp³-hybridized carbons (Fsp3) is 0.635. The highest BCUT2D eigenvalue weighted by molar-refractivity contribution is 7.47. The Morgan fingerprint density at radius 2 is 0.902 bits per heavy atom. The summed E-state index contributed by atoms with van der Waals surface area (Å²) in [5.74, 6) is -0.363. The normalized spacial score (nSPS) is 14.7. The number of phosphoric ester groups is 1. The van der Waals surface area contributed by atoms with E-state index < -0.39 is 13.9 Å². The molecule has 348 valence electrons. The van der Waals surface area contributed by atoms with E-state index >= 15 is 0 Å². The lowest BCUT2D eigenvalue weighted by molar-refractivity contribution is -0.870. The average molecular weight is 871 g/mol. The molecule has 0 spiro atoms. The van der Waals surface area contributed by atoms with Crippen LogP contribution in [0.5, 0.6) is 0 Å². The van der Waals surface area contributed by atoms with Gasteiger partial charge in [0.25, 0.3) is 0 Å². The third-order valence-corrected chi connectivity index (χ3v) is 10.3. The van der Waals surface area contributed by atoms with Gasteiger partial charge < -0.3 is 18.9 Å². The largest absolute Gasteiger partial charge is 0.472 e. The van der Waals surface area contributed by atoms with Crippen molar-refractivity contribution >= 4 is 13.8 Å². The summed E-state index contributed by atoms with van der Waals surface area (Å²) in [4.78, 5) is 22.9. The molecule has 0 aliphatic heterocycles. The molecule has 0 heterocycles. The van der Waals surface area contributed by atoms with Crippen LogP contribution in [0, 0.1) is 0 Å². The van der Waals surface area contributed by atoms with Crippen LogP contribution in [0.25, 0.3) is 0 Å². The molecule has 0 aromatic carbocycles. The summed E-state index contributed by atoms with van der Waals surface area (Å²) >= 11 is 0. The molecule has 8 nitrogen and oxygen atoms in total. The van der Waals surface area contributed by atoms with Crippen molar-refractivity contribution in [2.75, 3.05) is 54.1 Å². The van der Waals surface area contributed by atoms with Gasteiger partial charge in [-0.05, 0) is 96.3 Å². The zero-order chi connectivity index (χ0) is 44.8. The number of allylic oxidation sites excluding steroid dienone is 18. The molecule has 0 aromatic rings. The molecule has 1 N–H and O–H groups in total. The van der Waals surface area contributed by atoms with E-state index in [1.807, 2.05) is 21.1 Å². The lowest BCUT2D eigenvalue weighted by Gasteiger charge is -2.24. The minimum atomic E-state index is -4.30. The van der Waals surface area contributed by atoms with Gasteiger partial charge in [0.2, 0.25) is 0 Å². The van der Waals surface area contributed by atoms with Gasteiger partial charge in [0, 0.05) is 13.0 Å². The number of ether oxygens (including phenoxy) is 2. The molecule has 2 unspecified atom stereocenters. The van der Waals surface area contributed by atoms with Gasteiger partial charge in [0.15, 0.2) is 0 Å². The number of phosphoric acid groups is 1. The molecule has 0 saturated heterocycles. The monoisotopic (exact) mass is 871 g/mol. The first-order valence-corrected chi connectivity index (χ1v) is 25.1. The van der Waals surface area contributed by atoms with Crippen molar-refractivity contribution in [3.8, 4) is 0 Å². The Labute approximate surface area is 374 Å². The quantitative estimate of drug-likeness (QED) is 0.0215. The van der Waals surface area contributed by atoms with E-state index in [0.717, 1.165) is 89.9 Å². The lowest BCUT2D eigenvalue weighted by Crippen LogP contribution is -2.37. The van der Waals surface area contributed by atoms with Crippen LogP contribution in [0.15, 0.2) is 109 Å². The number of carbonyl (C=O) groups is 1. The van der Waals surface area contributed by atoms with E-state index in [0.29, 0.717) is 24.1 Å². The van der Waals surface area contributed by atoms with Crippen molar-refractivity contribution < 1.29 is 37.3 Å². The van der Waals surface area contributed by atoms with E-state index in [1.54, 1.807) is 0 Å². The van der Waals surface area contributed by atoms with Crippen LogP contribution in [-0.4, -0.2) is 75.6 Å². The predicted octanol–water partition coefficient (Wildman–Crippen LogP) is 14.4. The second-order valence-corrected chi connectivity index (χ2v) is 17.8. The van der Waals surface area contributed by atoms with E-state index in [1.165, 1.54) is 38.5 Å². The van der Waals surface area contributed by atoms with Crippen LogP contribution in [-0.2, 0) is 27.9 Å². The van der Waals surface area contributed by atoms with Gasteiger partial charge >= 0.3 is 13.8 Å². The van der Waals surface area contributed by atoms with Gasteiger partial charge in [-0.3, -0.25) is 13.8 Å². The third-order valence-electron chi connectivity index (χ3n) is 9.33. The maximum Gasteiger partial charge on any atom is 0.472 e. The highest BCUT2D eigenvalue weighted by Gasteiger charge is 2.26. The van der Waals surface area contributed by atoms with Gasteiger partial charge in [0.05, 0.1) is 34.4 Å². The third kappa shape index (κ3) is 48.1. The maximum atomic E-state index is 12.7. The Kier molecular flexibility index (Phi) is 41.8. The smallest absolute Gasteiger partial charge is 0.457 e. The molecule has 0 fully saturated rings. The average Bonchev–Trinajstić information content (AvgIpc) is 3.22. The molecule has 0 aliphatic rings. The van der Waals surface area contributed by atoms with Gasteiger partial charge in [-0.1, -0.05) is 162 Å². The van der Waals surface area contributed by atoms with Crippen molar-refractivity contribution in [3.63, 3.8) is 0 Å². The summed E-state index contributed by atoms with van der Waals surface area (Å²) in [7, 11) is 1.61. The number of quaternary nitrogens is 1. The lowest BCUT2D eigenvalue weighted by atomic mass is 10.1. The first-order chi connectivity index (χ1) is 29.6. The van der Waals surface area contributed by atoms with Crippen LogP contribution in [0.2, 0.25) is 0 Å². The van der Waals surface area contributed by atoms with E-state index in [2.05, 4.69) is 123 Å². The Morgan fingerprint density at radius 3 is 1.34 bits per heavy atom. The summed E-state index contributed by atoms with van der Waals surface area (Å²) in [5.41, 5.74) is 0. The molecule has 9 heteroatoms. The molecule has 0 amide bonds. The maximum absolute atomic E-state index is 12.7. The molecule has 0 aliphatic carbocycles. The summed E-state index contributed by atoms with van der Waals surface area (Å²) < 4.78 is 35.0. The molecule has 0 aromatic heterocycles. The van der Waals surface area contributed by atoms with Crippen LogP contribution < -0.4 is 0 Å². The highest BCUT2D eigenvalue weighted by Crippen LogP contribution is 2.43. The number of unbranched alkanes of at least 4 members (excludes halogenated alkanes) is 10. The summed E-state index contributed by atoms with van der Waals surface area (Å²) in [6.45, 7) is 5.29. The van der Waals surface area contributed by atoms with Crippen LogP contribution in [0.1, 0.15) is 155 Å². The molecule has 0 bridgehead atoms. The van der Waals surface area contributed by atoms with Gasteiger partial charge in [-0.25, -0.2) is 4.57 Å². The highest BCUT2D eigenvalue weighted by atomic mass is 31.2. The van der Waals surface area contributed by atoms with Crippen molar-refractivity contribution in [1.82, 2.24) is 0 Å². The second-order valence-electron chi connectivity index (χ2n) is 16.4. The summed E-state index contributed by atoms with van der Waals surface area (Å²) in [6, 6.07) is 0. The molecule has 2 atom stereocenters. The number of hydrogen-bond donors (Lipinski definition) is 1. The van der Waals surface area contributed by atoms with Gasteiger partial charge in [-0.15, -0.1) is 0 Å². The summed E-state index contributed by atoms with van der Waals surface area (Å²) in [6.07, 6.45) is 61.3. The van der Waals surface area contributed by atoms with Gasteiger partial charge in [-0.2, -0.15) is 0 Å². The second kappa shape index (κ2) is 43.8. The topological polar surface area (TPSA) is 91.3 Å². The number of nitrogens with zero attached hydrogens (tertiary/aromatic N) is 1. The first kappa shape index (κ1) is 58.2. The summed E-state index contributed by atoms with van der Waals surface area (Å²) in [5, 5.41) is 0. The fourth-order valence-corrected chi connectivity index (χ4v) is 6.49. The van der Waals surface area contributed by atoms with Gasteiger partial charge in [0.1, 0.15) is 19.3 Å². The van der Waals surface area contributed by atoms with Crippen LogP contribution in [0.3, 0.4) is 0 Å². The zero-order valence-electron chi connectivity index (χ0n) is 39.4. The Morgan fingerprint density at radius 1 is 0.508 bits per heavy atom. The molecular formula is C52H89NO7P+. The number of rotatable bonds is 42. The van der Waals surface area contributed by atoms with E-state index in [4.69, 9.17) is 18.5 Å². The molecular weight excluding hydrogens is 782 g/mol. The van der Waals surface area contributed by atoms with Crippen molar-refractivity contribution in [3.05, 3.63) is 109 Å². The molecule has 61 heavy (non-hydrogen) atoms. The Hall–Kier alpha value is -2.84. The number of carbonyl (C=O) groups excluding carboxylic acids is 1. The number of esters is 1. The minimum Gasteiger partial charge on any atom is -0.457 e. The van der Waals surface area contributed by atoms with Crippen molar-refractivity contribution in [1.29, 1.82) is 0 Å². The van der Waals surface area contributed by atoms with Crippen molar-refractivity contribution in [2.24, 2.45) is 0 Å². The Bertz CT molecular complexity index is 1340.